The van der Waals surface area contributed by atoms with E-state index in [0.717, 1.165) is 9.58 Å². The molecule has 3 aromatic rings. The van der Waals surface area contributed by atoms with Gasteiger partial charge in [0.1, 0.15) is 0 Å². The third-order valence-electron chi connectivity index (χ3n) is 2.89. The summed E-state index contributed by atoms with van der Waals surface area (Å²) >= 11 is 8.40. The van der Waals surface area contributed by atoms with Gasteiger partial charge >= 0.3 is 0 Å². The highest BCUT2D eigenvalue weighted by Crippen LogP contribution is 2.28. The SMILES string of the molecule is O=C(NN=Cc1ccc(Cl)s1)c1cc2cc([N+](=O)[O-])ccc2s1. The number of nitrogens with one attached hydrogen (secondary N) is 1. The summed E-state index contributed by atoms with van der Waals surface area (Å²) in [6.07, 6.45) is 1.51. The van der Waals surface area contributed by atoms with Gasteiger partial charge in [0.25, 0.3) is 11.6 Å². The fourth-order valence-corrected chi connectivity index (χ4v) is 3.73. The molecule has 3 rings (SSSR count). The van der Waals surface area contributed by atoms with Gasteiger partial charge in [-0.1, -0.05) is 11.6 Å². The van der Waals surface area contributed by atoms with Crippen molar-refractivity contribution in [3.63, 3.8) is 0 Å². The molecule has 0 fully saturated rings. The van der Waals surface area contributed by atoms with Crippen molar-refractivity contribution in [2.75, 3.05) is 0 Å². The standard InChI is InChI=1S/C14H8ClN3O3S2/c15-13-4-2-10(22-13)7-16-17-14(19)12-6-8-5-9(18(20)21)1-3-11(8)23-12/h1-7H,(H,17,19). The van der Waals surface area contributed by atoms with Crippen molar-refractivity contribution in [1.29, 1.82) is 0 Å². The van der Waals surface area contributed by atoms with Gasteiger partial charge in [-0.15, -0.1) is 22.7 Å². The molecule has 0 bridgehead atoms. The molecule has 2 aromatic heterocycles. The molecule has 0 unspecified atom stereocenters. The molecule has 6 nitrogen and oxygen atoms in total. The number of rotatable bonds is 4. The first kappa shape index (κ1) is 15.6. The van der Waals surface area contributed by atoms with Crippen molar-refractivity contribution in [1.82, 2.24) is 5.43 Å². The van der Waals surface area contributed by atoms with Gasteiger partial charge in [0.2, 0.25) is 0 Å². The molecule has 1 N–H and O–H groups in total. The first-order chi connectivity index (χ1) is 11.0. The fourth-order valence-electron chi connectivity index (χ4n) is 1.86. The highest BCUT2D eigenvalue weighted by Gasteiger charge is 2.12. The molecule has 0 saturated carbocycles. The van der Waals surface area contributed by atoms with Crippen LogP contribution < -0.4 is 5.43 Å². The average Bonchev–Trinajstić information content (AvgIpc) is 3.12. The quantitative estimate of drug-likeness (QED) is 0.425. The molecule has 1 amide bonds. The van der Waals surface area contributed by atoms with Gasteiger partial charge in [-0.05, 0) is 24.3 Å². The highest BCUT2D eigenvalue weighted by molar-refractivity contribution is 7.20. The van der Waals surface area contributed by atoms with Crippen molar-refractivity contribution in [3.8, 4) is 0 Å². The van der Waals surface area contributed by atoms with Gasteiger partial charge < -0.3 is 0 Å². The molecule has 1 aromatic carbocycles. The maximum atomic E-state index is 12.1. The number of amides is 1. The lowest BCUT2D eigenvalue weighted by Crippen LogP contribution is -2.15. The van der Waals surface area contributed by atoms with Crippen LogP contribution in [-0.2, 0) is 0 Å². The van der Waals surface area contributed by atoms with Crippen LogP contribution in [0.1, 0.15) is 14.5 Å². The summed E-state index contributed by atoms with van der Waals surface area (Å²) in [5.74, 6) is -0.368. The average molecular weight is 366 g/mol. The predicted octanol–water partition coefficient (Wildman–Crippen LogP) is 4.29. The normalized spacial score (nSPS) is 11.2. The molecule has 23 heavy (non-hydrogen) atoms. The van der Waals surface area contributed by atoms with E-state index in [-0.39, 0.29) is 11.6 Å². The lowest BCUT2D eigenvalue weighted by Gasteiger charge is -1.94. The Morgan fingerprint density at radius 1 is 1.26 bits per heavy atom. The van der Waals surface area contributed by atoms with Crippen LogP contribution >= 0.6 is 34.3 Å². The van der Waals surface area contributed by atoms with Crippen LogP contribution in [-0.4, -0.2) is 17.0 Å². The van der Waals surface area contributed by atoms with Crippen LogP contribution in [0, 0.1) is 10.1 Å². The maximum absolute atomic E-state index is 12.1. The van der Waals surface area contributed by atoms with Crippen LogP contribution in [0.4, 0.5) is 5.69 Å². The van der Waals surface area contributed by atoms with E-state index in [1.165, 1.54) is 41.0 Å². The fraction of sp³-hybridized carbons (Fsp3) is 0. The van der Waals surface area contributed by atoms with Gasteiger partial charge in [0.15, 0.2) is 0 Å². The molecular weight excluding hydrogens is 358 g/mol. The minimum absolute atomic E-state index is 0.00477. The molecule has 0 aliphatic heterocycles. The van der Waals surface area contributed by atoms with E-state index in [2.05, 4.69) is 10.5 Å². The van der Waals surface area contributed by atoms with E-state index in [1.807, 2.05) is 0 Å². The first-order valence-electron chi connectivity index (χ1n) is 6.29. The molecule has 0 saturated heterocycles. The number of thiophene rings is 2. The minimum atomic E-state index is -0.465. The van der Waals surface area contributed by atoms with Crippen LogP contribution in [0.5, 0.6) is 0 Å². The van der Waals surface area contributed by atoms with Crippen molar-refractivity contribution in [3.05, 3.63) is 60.6 Å². The Morgan fingerprint density at radius 3 is 2.78 bits per heavy atom. The molecule has 0 aliphatic rings. The van der Waals surface area contributed by atoms with Crippen molar-refractivity contribution in [2.45, 2.75) is 0 Å². The second kappa shape index (κ2) is 6.45. The molecule has 9 heteroatoms. The third-order valence-corrected chi connectivity index (χ3v) is 5.17. The minimum Gasteiger partial charge on any atom is -0.266 e. The van der Waals surface area contributed by atoms with Crippen molar-refractivity contribution < 1.29 is 9.72 Å². The van der Waals surface area contributed by atoms with E-state index in [4.69, 9.17) is 11.6 Å². The van der Waals surface area contributed by atoms with Gasteiger partial charge in [-0.2, -0.15) is 5.10 Å². The Labute approximate surface area is 143 Å². The summed E-state index contributed by atoms with van der Waals surface area (Å²) in [4.78, 5) is 23.6. The number of nitrogens with zero attached hydrogens (tertiary/aromatic N) is 2. The van der Waals surface area contributed by atoms with Gasteiger partial charge in [0.05, 0.1) is 20.4 Å². The van der Waals surface area contributed by atoms with Crippen molar-refractivity contribution in [2.24, 2.45) is 5.10 Å². The number of halogens is 1. The molecule has 0 aliphatic carbocycles. The number of non-ortho nitro benzene ring substituents is 1. The predicted molar refractivity (Wildman–Crippen MR) is 92.9 cm³/mol. The van der Waals surface area contributed by atoms with Gasteiger partial charge in [-0.3, -0.25) is 14.9 Å². The third kappa shape index (κ3) is 3.55. The summed E-state index contributed by atoms with van der Waals surface area (Å²) in [7, 11) is 0. The zero-order chi connectivity index (χ0) is 16.4. The lowest BCUT2D eigenvalue weighted by molar-refractivity contribution is -0.384. The zero-order valence-corrected chi connectivity index (χ0v) is 13.7. The Morgan fingerprint density at radius 2 is 2.09 bits per heavy atom. The van der Waals surface area contributed by atoms with E-state index in [9.17, 15) is 14.9 Å². The number of carbonyl (C=O) groups excluding carboxylic acids is 1. The van der Waals surface area contributed by atoms with E-state index in [1.54, 1.807) is 24.3 Å². The number of hydrogen-bond acceptors (Lipinski definition) is 6. The molecule has 0 atom stereocenters. The topological polar surface area (TPSA) is 84.6 Å². The molecular formula is C14H8ClN3O3S2. The van der Waals surface area contributed by atoms with E-state index in [0.29, 0.717) is 14.6 Å². The number of hydrazone groups is 1. The zero-order valence-electron chi connectivity index (χ0n) is 11.4. The smallest absolute Gasteiger partial charge is 0.266 e. The molecule has 2 heterocycles. The monoisotopic (exact) mass is 365 g/mol. The molecule has 0 radical (unpaired) electrons. The molecule has 116 valence electrons. The second-order valence-electron chi connectivity index (χ2n) is 4.43. The Kier molecular flexibility index (Phi) is 4.37. The van der Waals surface area contributed by atoms with Crippen LogP contribution in [0.2, 0.25) is 4.34 Å². The van der Waals surface area contributed by atoms with Gasteiger partial charge in [0, 0.05) is 27.1 Å². The van der Waals surface area contributed by atoms with Crippen LogP contribution in [0.25, 0.3) is 10.1 Å². The number of hydrogen-bond donors (Lipinski definition) is 1. The number of carbonyl (C=O) groups is 1. The van der Waals surface area contributed by atoms with Gasteiger partial charge in [-0.25, -0.2) is 5.43 Å². The number of fused-ring (bicyclic) bond motifs is 1. The Balaban J connectivity index is 1.75. The Bertz CT molecular complexity index is 932. The van der Waals surface area contributed by atoms with Crippen molar-refractivity contribution >= 4 is 62.2 Å². The summed E-state index contributed by atoms with van der Waals surface area (Å²) in [5.41, 5.74) is 2.42. The highest BCUT2D eigenvalue weighted by atomic mass is 35.5. The number of nitro groups is 1. The number of benzene rings is 1. The first-order valence-corrected chi connectivity index (χ1v) is 8.31. The second-order valence-corrected chi connectivity index (χ2v) is 7.26. The number of nitro benzene ring substituents is 1. The summed E-state index contributed by atoms with van der Waals surface area (Å²) in [6, 6.07) is 9.64. The van der Waals surface area contributed by atoms with Crippen LogP contribution in [0.3, 0.4) is 0 Å². The lowest BCUT2D eigenvalue weighted by atomic mass is 10.2. The summed E-state index contributed by atoms with van der Waals surface area (Å²) < 4.78 is 1.44. The van der Waals surface area contributed by atoms with E-state index < -0.39 is 4.92 Å². The largest absolute Gasteiger partial charge is 0.281 e. The molecule has 0 spiro atoms. The summed E-state index contributed by atoms with van der Waals surface area (Å²) in [5, 5.41) is 15.3. The van der Waals surface area contributed by atoms with E-state index >= 15 is 0 Å². The Hall–Kier alpha value is -2.29. The maximum Gasteiger partial charge on any atom is 0.281 e. The summed E-state index contributed by atoms with van der Waals surface area (Å²) in [6.45, 7) is 0. The van der Waals surface area contributed by atoms with Crippen LogP contribution in [0.15, 0.2) is 41.5 Å².